The van der Waals surface area contributed by atoms with Gasteiger partial charge in [-0.1, -0.05) is 84.9 Å². The summed E-state index contributed by atoms with van der Waals surface area (Å²) in [7, 11) is 0. The van der Waals surface area contributed by atoms with Gasteiger partial charge in [-0.15, -0.1) is 0 Å². The van der Waals surface area contributed by atoms with Gasteiger partial charge in [-0.2, -0.15) is 0 Å². The van der Waals surface area contributed by atoms with E-state index in [1.165, 1.54) is 45.3 Å². The van der Waals surface area contributed by atoms with Gasteiger partial charge in [0, 0.05) is 43.2 Å². The smallest absolute Gasteiger partial charge is 0.251 e. The number of nitrogens with one attached hydrogen (secondary N) is 1. The molecule has 0 bridgehead atoms. The molecule has 3 saturated heterocycles. The Morgan fingerprint density at radius 1 is 0.750 bits per heavy atom. The van der Waals surface area contributed by atoms with Gasteiger partial charge in [-0.25, -0.2) is 0 Å². The summed E-state index contributed by atoms with van der Waals surface area (Å²) < 4.78 is 13.4. The van der Waals surface area contributed by atoms with Crippen LogP contribution in [-0.2, 0) is 22.6 Å². The number of carbonyl (C=O) groups excluding carboxylic acids is 1. The zero-order valence-electron chi connectivity index (χ0n) is 27.7. The average molecular weight is 646 g/mol. The Hall–Kier alpha value is -3.85. The van der Waals surface area contributed by atoms with Crippen molar-refractivity contribution >= 4 is 5.91 Å². The molecule has 3 aliphatic rings. The van der Waals surface area contributed by atoms with Crippen LogP contribution in [0.1, 0.15) is 77.1 Å². The molecule has 3 heterocycles. The molecular weight excluding hydrogens is 598 g/mol. The van der Waals surface area contributed by atoms with Crippen LogP contribution >= 0.6 is 0 Å². The molecule has 4 atom stereocenters. The second kappa shape index (κ2) is 15.6. The normalized spacial score (nSPS) is 23.4. The van der Waals surface area contributed by atoms with Crippen molar-refractivity contribution in [2.45, 2.75) is 69.8 Å². The molecule has 4 aromatic carbocycles. The Kier molecular flexibility index (Phi) is 10.6. The number of likely N-dealkylation sites (tertiary alicyclic amines) is 2. The molecule has 2 N–H and O–H groups in total. The predicted molar refractivity (Wildman–Crippen MR) is 188 cm³/mol. The first-order valence-electron chi connectivity index (χ1n) is 17.6. The largest absolute Gasteiger partial charge is 0.392 e. The molecule has 250 valence electrons. The molecule has 3 fully saturated rings. The fourth-order valence-electron chi connectivity index (χ4n) is 7.47. The number of benzene rings is 4. The number of carbonyl (C=O) groups is 1. The first kappa shape index (κ1) is 32.7. The van der Waals surface area contributed by atoms with E-state index in [1.807, 2.05) is 54.6 Å². The highest BCUT2D eigenvalue weighted by Gasteiger charge is 2.36. The highest BCUT2D eigenvalue weighted by molar-refractivity contribution is 5.94. The van der Waals surface area contributed by atoms with E-state index in [0.29, 0.717) is 18.2 Å². The van der Waals surface area contributed by atoms with E-state index in [-0.39, 0.29) is 24.7 Å². The van der Waals surface area contributed by atoms with Crippen LogP contribution in [0.25, 0.3) is 11.1 Å². The fraction of sp³-hybridized carbons (Fsp3) is 0.390. The summed E-state index contributed by atoms with van der Waals surface area (Å²) in [6.45, 7) is 6.17. The third-order valence-corrected chi connectivity index (χ3v) is 10.2. The lowest BCUT2D eigenvalue weighted by Crippen LogP contribution is -2.45. The van der Waals surface area contributed by atoms with Crippen LogP contribution in [0.4, 0.5) is 0 Å². The zero-order valence-corrected chi connectivity index (χ0v) is 27.7. The Labute approximate surface area is 284 Å². The van der Waals surface area contributed by atoms with E-state index < -0.39 is 6.29 Å². The molecule has 0 radical (unpaired) electrons. The molecule has 0 aliphatic carbocycles. The Balaban J connectivity index is 1.05. The molecule has 48 heavy (non-hydrogen) atoms. The van der Waals surface area contributed by atoms with Gasteiger partial charge < -0.3 is 24.8 Å². The van der Waals surface area contributed by atoms with E-state index >= 15 is 0 Å². The van der Waals surface area contributed by atoms with Crippen molar-refractivity contribution in [3.8, 4) is 11.1 Å². The Morgan fingerprint density at radius 2 is 1.52 bits per heavy atom. The lowest BCUT2D eigenvalue weighted by Gasteiger charge is -2.39. The maximum Gasteiger partial charge on any atom is 0.251 e. The van der Waals surface area contributed by atoms with Gasteiger partial charge in [-0.05, 0) is 91.3 Å². The van der Waals surface area contributed by atoms with E-state index in [0.717, 1.165) is 52.9 Å². The van der Waals surface area contributed by atoms with Crippen LogP contribution < -0.4 is 5.32 Å². The summed E-state index contributed by atoms with van der Waals surface area (Å²) in [6.07, 6.45) is 5.44. The summed E-state index contributed by atoms with van der Waals surface area (Å²) in [5.41, 5.74) is 6.92. The maximum atomic E-state index is 12.6. The number of hydrogen-bond donors (Lipinski definition) is 2. The SMILES string of the molecule is O=C(NCc1cccc(-c2ccc(C3OC(CN4CCCC4CN4CCCC4)CC(c4ccc(CO)cc4)O3)cc2)c1)c1ccccc1. The van der Waals surface area contributed by atoms with Gasteiger partial charge in [-0.3, -0.25) is 9.69 Å². The minimum Gasteiger partial charge on any atom is -0.392 e. The Bertz CT molecular complexity index is 1620. The van der Waals surface area contributed by atoms with E-state index in [1.54, 1.807) is 0 Å². The minimum atomic E-state index is -0.473. The lowest BCUT2D eigenvalue weighted by atomic mass is 9.98. The number of nitrogens with zero attached hydrogens (tertiary/aromatic N) is 2. The topological polar surface area (TPSA) is 74.3 Å². The number of aliphatic hydroxyl groups excluding tert-OH is 1. The van der Waals surface area contributed by atoms with Crippen LogP contribution in [0.3, 0.4) is 0 Å². The van der Waals surface area contributed by atoms with Crippen molar-refractivity contribution in [2.24, 2.45) is 0 Å². The van der Waals surface area contributed by atoms with Gasteiger partial charge in [0.1, 0.15) is 0 Å². The van der Waals surface area contributed by atoms with E-state index in [2.05, 4.69) is 63.6 Å². The molecule has 4 aromatic rings. The Morgan fingerprint density at radius 3 is 2.29 bits per heavy atom. The molecule has 4 unspecified atom stereocenters. The fourth-order valence-corrected chi connectivity index (χ4v) is 7.47. The van der Waals surface area contributed by atoms with Crippen LogP contribution in [-0.4, -0.2) is 65.7 Å². The quantitative estimate of drug-likeness (QED) is 0.185. The van der Waals surface area contributed by atoms with Gasteiger partial charge in [0.2, 0.25) is 0 Å². The minimum absolute atomic E-state index is 0.0328. The van der Waals surface area contributed by atoms with Crippen LogP contribution in [0.15, 0.2) is 103 Å². The summed E-state index contributed by atoms with van der Waals surface area (Å²) in [4.78, 5) is 17.9. The second-order valence-electron chi connectivity index (χ2n) is 13.5. The van der Waals surface area contributed by atoms with Gasteiger partial charge in [0.05, 0.1) is 18.8 Å². The number of rotatable bonds is 11. The monoisotopic (exact) mass is 645 g/mol. The second-order valence-corrected chi connectivity index (χ2v) is 13.5. The molecule has 0 aromatic heterocycles. The molecule has 7 heteroatoms. The van der Waals surface area contributed by atoms with Crippen molar-refractivity contribution in [2.75, 3.05) is 32.7 Å². The standard InChI is InChI=1S/C41H47N3O4/c45-29-30-13-15-33(16-14-30)39-25-38(28-44-23-7-12-37(44)27-43-21-4-5-22-43)47-41(48-39)35-19-17-32(18-20-35)36-11-6-8-31(24-36)26-42-40(46)34-9-2-1-3-10-34/h1-3,6,8-11,13-20,24,37-39,41,45H,4-5,7,12,21-23,25-29H2,(H,42,46). The van der Waals surface area contributed by atoms with Crippen molar-refractivity contribution in [3.63, 3.8) is 0 Å². The van der Waals surface area contributed by atoms with Crippen LogP contribution in [0.2, 0.25) is 0 Å². The van der Waals surface area contributed by atoms with Crippen molar-refractivity contribution in [1.82, 2.24) is 15.1 Å². The number of aliphatic hydroxyl groups is 1. The molecule has 7 rings (SSSR count). The number of amides is 1. The van der Waals surface area contributed by atoms with E-state index in [4.69, 9.17) is 9.47 Å². The van der Waals surface area contributed by atoms with Crippen molar-refractivity contribution < 1.29 is 19.4 Å². The highest BCUT2D eigenvalue weighted by Crippen LogP contribution is 2.39. The molecule has 7 nitrogen and oxygen atoms in total. The van der Waals surface area contributed by atoms with Crippen LogP contribution in [0, 0.1) is 0 Å². The molecule has 3 aliphatic heterocycles. The van der Waals surface area contributed by atoms with Crippen LogP contribution in [0.5, 0.6) is 0 Å². The average Bonchev–Trinajstić information content (AvgIpc) is 3.83. The van der Waals surface area contributed by atoms with E-state index in [9.17, 15) is 9.90 Å². The van der Waals surface area contributed by atoms with Crippen molar-refractivity contribution in [1.29, 1.82) is 0 Å². The maximum absolute atomic E-state index is 12.6. The van der Waals surface area contributed by atoms with Gasteiger partial charge in [0.25, 0.3) is 5.91 Å². The third-order valence-electron chi connectivity index (χ3n) is 10.2. The predicted octanol–water partition coefficient (Wildman–Crippen LogP) is 6.88. The summed E-state index contributed by atoms with van der Waals surface area (Å²) in [5.74, 6) is -0.0781. The first-order chi connectivity index (χ1) is 23.6. The summed E-state index contributed by atoms with van der Waals surface area (Å²) in [6, 6.07) is 34.8. The number of hydrogen-bond acceptors (Lipinski definition) is 6. The summed E-state index contributed by atoms with van der Waals surface area (Å²) in [5, 5.41) is 12.6. The first-order valence-corrected chi connectivity index (χ1v) is 17.6. The number of ether oxygens (including phenoxy) is 2. The molecule has 0 spiro atoms. The summed E-state index contributed by atoms with van der Waals surface area (Å²) >= 11 is 0. The zero-order chi connectivity index (χ0) is 32.7. The van der Waals surface area contributed by atoms with Gasteiger partial charge >= 0.3 is 0 Å². The molecular formula is C41H47N3O4. The lowest BCUT2D eigenvalue weighted by molar-refractivity contribution is -0.253. The third kappa shape index (κ3) is 8.05. The molecule has 0 saturated carbocycles. The molecule has 1 amide bonds. The highest BCUT2D eigenvalue weighted by atomic mass is 16.7. The van der Waals surface area contributed by atoms with Gasteiger partial charge in [0.15, 0.2) is 6.29 Å². The van der Waals surface area contributed by atoms with Crippen molar-refractivity contribution in [3.05, 3.63) is 131 Å².